The van der Waals surface area contributed by atoms with E-state index in [-0.39, 0.29) is 6.04 Å². The van der Waals surface area contributed by atoms with Crippen molar-refractivity contribution in [3.05, 3.63) is 23.0 Å². The van der Waals surface area contributed by atoms with Crippen molar-refractivity contribution in [2.24, 2.45) is 0 Å². The van der Waals surface area contributed by atoms with Crippen LogP contribution in [0.3, 0.4) is 0 Å². The normalized spacial score (nSPS) is 20.7. The monoisotopic (exact) mass is 352 g/mol. The summed E-state index contributed by atoms with van der Waals surface area (Å²) in [6, 6.07) is 3.77. The third-order valence-corrected chi connectivity index (χ3v) is 5.95. The van der Waals surface area contributed by atoms with Gasteiger partial charge in [-0.3, -0.25) is 9.11 Å². The lowest BCUT2D eigenvalue weighted by molar-refractivity contribution is 0.495. The van der Waals surface area contributed by atoms with Gasteiger partial charge in [-0.15, -0.1) is 0 Å². The van der Waals surface area contributed by atoms with E-state index in [9.17, 15) is 9.11 Å². The Balaban J connectivity index is 1.73. The third kappa shape index (κ3) is 4.08. The average Bonchev–Trinajstić information content (AvgIpc) is 3.04. The molecule has 1 fully saturated rings. The van der Waals surface area contributed by atoms with Gasteiger partial charge in [-0.25, -0.2) is 15.0 Å². The Bertz CT molecular complexity index is 757. The molecule has 0 spiro atoms. The fourth-order valence-electron chi connectivity index (χ4n) is 2.34. The number of thiazole rings is 1. The Labute approximate surface area is 139 Å². The van der Waals surface area contributed by atoms with Crippen LogP contribution in [0, 0.1) is 18.3 Å². The lowest BCUT2D eigenvalue weighted by atomic mass is 10.2. The number of hydrogen-bond acceptors (Lipinski definition) is 9. The van der Waals surface area contributed by atoms with Crippen molar-refractivity contribution in [3.63, 3.8) is 0 Å². The van der Waals surface area contributed by atoms with Crippen LogP contribution in [0.5, 0.6) is 0 Å². The van der Waals surface area contributed by atoms with Crippen molar-refractivity contribution in [1.82, 2.24) is 15.0 Å². The minimum atomic E-state index is -2.45. The highest BCUT2D eigenvalue weighted by Gasteiger charge is 2.28. The topological polar surface area (TPSA) is 127 Å². The maximum Gasteiger partial charge on any atom is 0.189 e. The van der Waals surface area contributed by atoms with Crippen molar-refractivity contribution in [2.45, 2.75) is 19.4 Å². The maximum absolute atomic E-state index is 9.69. The molecule has 0 amide bonds. The van der Waals surface area contributed by atoms with Crippen LogP contribution in [-0.2, 0) is 0 Å². The van der Waals surface area contributed by atoms with E-state index in [4.69, 9.17) is 5.26 Å². The molecule has 8 nitrogen and oxygen atoms in total. The zero-order valence-electron chi connectivity index (χ0n) is 12.4. The molecule has 2 aromatic rings. The van der Waals surface area contributed by atoms with E-state index in [0.29, 0.717) is 45.4 Å². The number of hydrogen-bond donors (Lipinski definition) is 4. The molecular formula is C13H16N6O2S2. The average molecular weight is 352 g/mol. The minimum absolute atomic E-state index is 0.00722. The lowest BCUT2D eigenvalue weighted by Crippen LogP contribution is -2.21. The van der Waals surface area contributed by atoms with Crippen LogP contribution in [-0.4, -0.2) is 41.6 Å². The van der Waals surface area contributed by atoms with Crippen LogP contribution < -0.4 is 10.6 Å². The van der Waals surface area contributed by atoms with Crippen LogP contribution in [0.2, 0.25) is 0 Å². The Morgan fingerprint density at radius 2 is 2.17 bits per heavy atom. The molecule has 1 saturated heterocycles. The summed E-state index contributed by atoms with van der Waals surface area (Å²) in [6.07, 6.45) is 2.20. The molecule has 0 bridgehead atoms. The van der Waals surface area contributed by atoms with Crippen molar-refractivity contribution in [3.8, 4) is 6.07 Å². The van der Waals surface area contributed by atoms with Gasteiger partial charge in [0.05, 0.1) is 11.9 Å². The van der Waals surface area contributed by atoms with Gasteiger partial charge in [0, 0.05) is 17.9 Å². The molecule has 0 aliphatic carbocycles. The van der Waals surface area contributed by atoms with Crippen LogP contribution in [0.25, 0.3) is 0 Å². The Kier molecular flexibility index (Phi) is 4.36. The van der Waals surface area contributed by atoms with E-state index < -0.39 is 10.6 Å². The number of aryl methyl sites for hydroxylation is 1. The smallest absolute Gasteiger partial charge is 0.189 e. The van der Waals surface area contributed by atoms with E-state index in [2.05, 4.69) is 25.6 Å². The summed E-state index contributed by atoms with van der Waals surface area (Å²) in [7, 11) is -2.45. The van der Waals surface area contributed by atoms with Crippen molar-refractivity contribution in [2.75, 3.05) is 22.1 Å². The van der Waals surface area contributed by atoms with Crippen LogP contribution in [0.4, 0.5) is 16.8 Å². The van der Waals surface area contributed by atoms with Crippen molar-refractivity contribution in [1.29, 1.82) is 5.26 Å². The molecule has 122 valence electrons. The van der Waals surface area contributed by atoms with E-state index in [0.717, 1.165) is 0 Å². The largest absolute Gasteiger partial charge is 0.366 e. The Hall–Kier alpha value is -1.93. The second-order valence-electron chi connectivity index (χ2n) is 5.26. The molecule has 2 aromatic heterocycles. The summed E-state index contributed by atoms with van der Waals surface area (Å²) >= 11 is 1.25. The first kappa shape index (κ1) is 15.9. The van der Waals surface area contributed by atoms with Gasteiger partial charge in [-0.1, -0.05) is 11.3 Å². The SMILES string of the molecule is Cc1nc(Nc2ncc(C#N)s2)cc(NC2CCS(O)(O)C2)n1. The summed E-state index contributed by atoms with van der Waals surface area (Å²) in [6.45, 7) is 1.78. The second-order valence-corrected chi connectivity index (χ2v) is 8.63. The number of aromatic nitrogens is 3. The number of nitrogens with one attached hydrogen (secondary N) is 2. The molecule has 10 heteroatoms. The van der Waals surface area contributed by atoms with Crippen molar-refractivity contribution >= 4 is 38.7 Å². The van der Waals surface area contributed by atoms with E-state index in [1.54, 1.807) is 13.0 Å². The Morgan fingerprint density at radius 1 is 1.39 bits per heavy atom. The molecule has 0 radical (unpaired) electrons. The number of nitriles is 1. The highest BCUT2D eigenvalue weighted by atomic mass is 32.3. The summed E-state index contributed by atoms with van der Waals surface area (Å²) in [4.78, 5) is 13.2. The first-order chi connectivity index (χ1) is 10.9. The van der Waals surface area contributed by atoms with Gasteiger partial charge in [0.25, 0.3) is 0 Å². The molecule has 1 atom stereocenters. The van der Waals surface area contributed by atoms with Gasteiger partial charge in [-0.05, 0) is 13.3 Å². The number of nitrogens with zero attached hydrogens (tertiary/aromatic N) is 4. The van der Waals surface area contributed by atoms with E-state index in [1.165, 1.54) is 17.5 Å². The predicted molar refractivity (Wildman–Crippen MR) is 91.5 cm³/mol. The Morgan fingerprint density at radius 3 is 2.83 bits per heavy atom. The molecule has 3 heterocycles. The molecule has 0 saturated carbocycles. The highest BCUT2D eigenvalue weighted by molar-refractivity contribution is 8.24. The zero-order valence-corrected chi connectivity index (χ0v) is 14.0. The van der Waals surface area contributed by atoms with Gasteiger partial charge >= 0.3 is 0 Å². The zero-order chi connectivity index (χ0) is 16.4. The van der Waals surface area contributed by atoms with Crippen molar-refractivity contribution < 1.29 is 9.11 Å². The molecule has 3 rings (SSSR count). The maximum atomic E-state index is 9.69. The number of anilines is 3. The van der Waals surface area contributed by atoms with Gasteiger partial charge in [0.15, 0.2) is 5.13 Å². The van der Waals surface area contributed by atoms with Gasteiger partial charge in [0.2, 0.25) is 0 Å². The first-order valence-electron chi connectivity index (χ1n) is 6.92. The number of rotatable bonds is 4. The molecule has 0 aromatic carbocycles. The van der Waals surface area contributed by atoms with E-state index in [1.807, 2.05) is 6.07 Å². The summed E-state index contributed by atoms with van der Waals surface area (Å²) < 4.78 is 19.4. The van der Waals surface area contributed by atoms with E-state index >= 15 is 0 Å². The molecular weight excluding hydrogens is 336 g/mol. The molecule has 4 N–H and O–H groups in total. The molecule has 1 aliphatic rings. The van der Waals surface area contributed by atoms with Crippen LogP contribution in [0.15, 0.2) is 12.3 Å². The van der Waals surface area contributed by atoms with Gasteiger partial charge in [0.1, 0.15) is 28.4 Å². The second kappa shape index (κ2) is 6.29. The summed E-state index contributed by atoms with van der Waals surface area (Å²) in [5.41, 5.74) is 0. The minimum Gasteiger partial charge on any atom is -0.366 e. The molecule has 1 unspecified atom stereocenters. The standard InChI is InChI=1S/C13H16N6O2S2/c1-8-16-11(18-9-2-3-23(20,21)7-9)4-12(17-8)19-13-15-6-10(5-14)22-13/h4,6,9,20-21H,2-3,7H2,1H3,(H2,15,16,17,18,19). The van der Waals surface area contributed by atoms with Crippen LogP contribution in [0.1, 0.15) is 17.1 Å². The van der Waals surface area contributed by atoms with Gasteiger partial charge in [-0.2, -0.15) is 15.9 Å². The highest BCUT2D eigenvalue weighted by Crippen LogP contribution is 2.46. The van der Waals surface area contributed by atoms with Gasteiger partial charge < -0.3 is 10.6 Å². The van der Waals surface area contributed by atoms with Crippen LogP contribution >= 0.6 is 21.9 Å². The predicted octanol–water partition coefficient (Wildman–Crippen LogP) is 2.79. The molecule has 23 heavy (non-hydrogen) atoms. The summed E-state index contributed by atoms with van der Waals surface area (Å²) in [5, 5.41) is 15.7. The quantitative estimate of drug-likeness (QED) is 0.661. The lowest BCUT2D eigenvalue weighted by Gasteiger charge is -2.26. The molecule has 1 aliphatic heterocycles. The summed E-state index contributed by atoms with van der Waals surface area (Å²) in [5.74, 6) is 2.55. The third-order valence-electron chi connectivity index (χ3n) is 3.30. The fraction of sp³-hybridized carbons (Fsp3) is 0.385. The first-order valence-corrected chi connectivity index (χ1v) is 9.62. The fourth-order valence-corrected chi connectivity index (χ4v) is 4.69.